The first kappa shape index (κ1) is 13.7. The van der Waals surface area contributed by atoms with E-state index in [-0.39, 0.29) is 23.2 Å². The summed E-state index contributed by atoms with van der Waals surface area (Å²) in [5, 5.41) is 9.83. The average molecular weight is 327 g/mol. The highest BCUT2D eigenvalue weighted by molar-refractivity contribution is 9.10. The Morgan fingerprint density at radius 3 is 2.63 bits per heavy atom. The zero-order valence-electron chi connectivity index (χ0n) is 10.4. The Balaban J connectivity index is 2.62. The van der Waals surface area contributed by atoms with Crippen LogP contribution in [0.4, 0.5) is 4.39 Å². The molecule has 1 aromatic heterocycles. The zero-order valence-corrected chi connectivity index (χ0v) is 12.0. The minimum Gasteiger partial charge on any atom is -0.493 e. The molecule has 2 N–H and O–H groups in total. The number of aromatic nitrogens is 2. The van der Waals surface area contributed by atoms with E-state index >= 15 is 0 Å². The lowest BCUT2D eigenvalue weighted by molar-refractivity contribution is 0.440. The molecule has 100 valence electrons. The average Bonchev–Trinajstić information content (AvgIpc) is 2.26. The van der Waals surface area contributed by atoms with Crippen molar-refractivity contribution in [2.45, 2.75) is 19.8 Å². The first-order chi connectivity index (χ1) is 8.90. The van der Waals surface area contributed by atoms with Gasteiger partial charge in [-0.05, 0) is 40.0 Å². The predicted octanol–water partition coefficient (Wildman–Crippen LogP) is 3.17. The minimum absolute atomic E-state index is 0.137. The number of halogens is 2. The van der Waals surface area contributed by atoms with Crippen LogP contribution >= 0.6 is 15.9 Å². The number of benzene rings is 1. The number of rotatable bonds is 2. The highest BCUT2D eigenvalue weighted by atomic mass is 79.9. The molecule has 0 fully saturated rings. The summed E-state index contributed by atoms with van der Waals surface area (Å²) < 4.78 is 13.5. The molecule has 2 rings (SSSR count). The fourth-order valence-corrected chi connectivity index (χ4v) is 2.34. The summed E-state index contributed by atoms with van der Waals surface area (Å²) in [6, 6.07) is 4.00. The van der Waals surface area contributed by atoms with Gasteiger partial charge in [-0.15, -0.1) is 0 Å². The lowest BCUT2D eigenvalue weighted by atomic mass is 10.1. The van der Waals surface area contributed by atoms with Gasteiger partial charge in [0.1, 0.15) is 11.6 Å². The summed E-state index contributed by atoms with van der Waals surface area (Å²) in [6.07, 6.45) is 0. The Morgan fingerprint density at radius 1 is 1.42 bits per heavy atom. The topological polar surface area (TPSA) is 66.0 Å². The van der Waals surface area contributed by atoms with Crippen molar-refractivity contribution in [3.8, 4) is 17.3 Å². The van der Waals surface area contributed by atoms with Crippen LogP contribution in [0.3, 0.4) is 0 Å². The molecule has 0 radical (unpaired) electrons. The van der Waals surface area contributed by atoms with Crippen LogP contribution in [-0.4, -0.2) is 15.1 Å². The summed E-state index contributed by atoms with van der Waals surface area (Å²) in [6.45, 7) is 3.58. The minimum atomic E-state index is -0.402. The molecule has 0 saturated heterocycles. The number of aromatic amines is 1. The fourth-order valence-electron chi connectivity index (χ4n) is 1.80. The molecule has 1 heterocycles. The van der Waals surface area contributed by atoms with Crippen molar-refractivity contribution in [1.82, 2.24) is 9.97 Å². The molecular formula is C13H12BrFN2O2. The van der Waals surface area contributed by atoms with E-state index in [1.54, 1.807) is 13.8 Å². The van der Waals surface area contributed by atoms with Gasteiger partial charge in [0.25, 0.3) is 5.56 Å². The van der Waals surface area contributed by atoms with Gasteiger partial charge in [0.05, 0.1) is 5.56 Å². The molecule has 0 aliphatic rings. The van der Waals surface area contributed by atoms with E-state index < -0.39 is 11.4 Å². The van der Waals surface area contributed by atoms with Crippen LogP contribution in [0, 0.1) is 5.82 Å². The third-order valence-corrected chi connectivity index (χ3v) is 3.35. The van der Waals surface area contributed by atoms with Crippen LogP contribution in [0.25, 0.3) is 11.4 Å². The SMILES string of the molecule is CC(C)c1c(O)nc(-c2ccc(F)cc2Br)[nH]c1=O. The molecular weight excluding hydrogens is 315 g/mol. The van der Waals surface area contributed by atoms with Gasteiger partial charge >= 0.3 is 0 Å². The van der Waals surface area contributed by atoms with Gasteiger partial charge in [0, 0.05) is 10.0 Å². The smallest absolute Gasteiger partial charge is 0.258 e. The van der Waals surface area contributed by atoms with E-state index in [4.69, 9.17) is 0 Å². The van der Waals surface area contributed by atoms with Crippen LogP contribution in [0.1, 0.15) is 25.3 Å². The number of nitrogens with one attached hydrogen (secondary N) is 1. The fraction of sp³-hybridized carbons (Fsp3) is 0.231. The Morgan fingerprint density at radius 2 is 2.11 bits per heavy atom. The van der Waals surface area contributed by atoms with Gasteiger partial charge in [-0.2, -0.15) is 4.98 Å². The molecule has 0 bridgehead atoms. The first-order valence-corrected chi connectivity index (χ1v) is 6.48. The maximum absolute atomic E-state index is 13.0. The van der Waals surface area contributed by atoms with Crippen molar-refractivity contribution in [3.63, 3.8) is 0 Å². The summed E-state index contributed by atoms with van der Waals surface area (Å²) in [5.74, 6) is -0.647. The molecule has 0 aliphatic carbocycles. The quantitative estimate of drug-likeness (QED) is 0.890. The maximum Gasteiger partial charge on any atom is 0.258 e. The van der Waals surface area contributed by atoms with Crippen molar-refractivity contribution in [3.05, 3.63) is 44.4 Å². The Labute approximate surface area is 117 Å². The standard InChI is InChI=1S/C13H12BrFN2O2/c1-6(2)10-12(18)16-11(17-13(10)19)8-4-3-7(15)5-9(8)14/h3-6H,1-2H3,(H2,16,17,18,19). The maximum atomic E-state index is 13.0. The number of H-pyrrole nitrogens is 1. The Hall–Kier alpha value is -1.69. The summed E-state index contributed by atoms with van der Waals surface area (Å²) >= 11 is 3.20. The van der Waals surface area contributed by atoms with Crippen molar-refractivity contribution in [1.29, 1.82) is 0 Å². The Bertz CT molecular complexity index is 683. The van der Waals surface area contributed by atoms with Crippen molar-refractivity contribution in [2.24, 2.45) is 0 Å². The normalized spacial score (nSPS) is 11.0. The first-order valence-electron chi connectivity index (χ1n) is 5.68. The van der Waals surface area contributed by atoms with E-state index in [1.165, 1.54) is 18.2 Å². The van der Waals surface area contributed by atoms with Gasteiger partial charge in [0.2, 0.25) is 5.88 Å². The number of hydrogen-bond acceptors (Lipinski definition) is 3. The molecule has 0 amide bonds. The molecule has 0 unspecified atom stereocenters. The van der Waals surface area contributed by atoms with Crippen LogP contribution < -0.4 is 5.56 Å². The molecule has 4 nitrogen and oxygen atoms in total. The van der Waals surface area contributed by atoms with E-state index in [1.807, 2.05) is 0 Å². The van der Waals surface area contributed by atoms with Gasteiger partial charge in [-0.25, -0.2) is 4.39 Å². The number of nitrogens with zero attached hydrogens (tertiary/aromatic N) is 1. The van der Waals surface area contributed by atoms with Gasteiger partial charge in [-0.3, -0.25) is 4.79 Å². The molecule has 19 heavy (non-hydrogen) atoms. The van der Waals surface area contributed by atoms with Crippen LogP contribution in [-0.2, 0) is 0 Å². The van der Waals surface area contributed by atoms with Crippen LogP contribution in [0.5, 0.6) is 5.88 Å². The molecule has 6 heteroatoms. The summed E-state index contributed by atoms with van der Waals surface area (Å²) in [4.78, 5) is 18.5. The zero-order chi connectivity index (χ0) is 14.2. The van der Waals surface area contributed by atoms with E-state index in [2.05, 4.69) is 25.9 Å². The molecule has 0 saturated carbocycles. The van der Waals surface area contributed by atoms with Crippen molar-refractivity contribution >= 4 is 15.9 Å². The van der Waals surface area contributed by atoms with Crippen molar-refractivity contribution in [2.75, 3.05) is 0 Å². The van der Waals surface area contributed by atoms with Crippen LogP contribution in [0.2, 0.25) is 0 Å². The summed E-state index contributed by atoms with van der Waals surface area (Å²) in [5.41, 5.74) is 0.347. The van der Waals surface area contributed by atoms with E-state index in [0.717, 1.165) is 0 Å². The third-order valence-electron chi connectivity index (χ3n) is 2.70. The predicted molar refractivity (Wildman–Crippen MR) is 73.7 cm³/mol. The lowest BCUT2D eigenvalue weighted by Crippen LogP contribution is -2.16. The largest absolute Gasteiger partial charge is 0.493 e. The Kier molecular flexibility index (Phi) is 3.71. The second kappa shape index (κ2) is 5.13. The highest BCUT2D eigenvalue weighted by Crippen LogP contribution is 2.28. The molecule has 0 aliphatic heterocycles. The summed E-state index contributed by atoms with van der Waals surface area (Å²) in [7, 11) is 0. The monoisotopic (exact) mass is 326 g/mol. The molecule has 0 atom stereocenters. The highest BCUT2D eigenvalue weighted by Gasteiger charge is 2.16. The van der Waals surface area contributed by atoms with Gasteiger partial charge in [0.15, 0.2) is 0 Å². The number of aromatic hydroxyl groups is 1. The second-order valence-corrected chi connectivity index (χ2v) is 5.29. The lowest BCUT2D eigenvalue weighted by Gasteiger charge is -2.09. The molecule has 0 spiro atoms. The van der Waals surface area contributed by atoms with Crippen molar-refractivity contribution < 1.29 is 9.50 Å². The van der Waals surface area contributed by atoms with Gasteiger partial charge in [-0.1, -0.05) is 13.8 Å². The van der Waals surface area contributed by atoms with Gasteiger partial charge < -0.3 is 10.1 Å². The number of hydrogen-bond donors (Lipinski definition) is 2. The van der Waals surface area contributed by atoms with E-state index in [9.17, 15) is 14.3 Å². The second-order valence-electron chi connectivity index (χ2n) is 4.43. The van der Waals surface area contributed by atoms with Crippen LogP contribution in [0.15, 0.2) is 27.5 Å². The molecule has 2 aromatic rings. The molecule has 1 aromatic carbocycles. The third kappa shape index (κ3) is 2.68. The van der Waals surface area contributed by atoms with E-state index in [0.29, 0.717) is 10.0 Å².